The lowest BCUT2D eigenvalue weighted by Gasteiger charge is -2.05. The summed E-state index contributed by atoms with van der Waals surface area (Å²) >= 11 is 0. The summed E-state index contributed by atoms with van der Waals surface area (Å²) in [7, 11) is 0. The van der Waals surface area contributed by atoms with Gasteiger partial charge in [-0.05, 0) is 6.07 Å². The van der Waals surface area contributed by atoms with Gasteiger partial charge in [-0.2, -0.15) is 5.10 Å². The van der Waals surface area contributed by atoms with Crippen LogP contribution in [0, 0.1) is 0 Å². The fourth-order valence-corrected chi connectivity index (χ4v) is 2.75. The van der Waals surface area contributed by atoms with E-state index in [9.17, 15) is 5.21 Å². The first kappa shape index (κ1) is 14.2. The van der Waals surface area contributed by atoms with E-state index < -0.39 is 0 Å². The Balaban J connectivity index is 1.91. The van der Waals surface area contributed by atoms with Crippen LogP contribution in [-0.4, -0.2) is 25.7 Å². The summed E-state index contributed by atoms with van der Waals surface area (Å²) < 4.78 is 7.71. The molecular weight excluding hydrogens is 304 g/mol. The average molecular weight is 318 g/mol. The lowest BCUT2D eigenvalue weighted by molar-refractivity contribution is 0.318. The van der Waals surface area contributed by atoms with E-state index in [4.69, 9.17) is 4.42 Å². The fraction of sp³-hybridized carbons (Fsp3) is 0.0556. The summed E-state index contributed by atoms with van der Waals surface area (Å²) in [5.41, 5.74) is 2.80. The van der Waals surface area contributed by atoms with Crippen LogP contribution in [0.1, 0.15) is 16.9 Å². The van der Waals surface area contributed by atoms with Crippen molar-refractivity contribution in [3.63, 3.8) is 0 Å². The number of benzene rings is 2. The maximum Gasteiger partial charge on any atom is 0.162 e. The van der Waals surface area contributed by atoms with Crippen molar-refractivity contribution in [3.05, 3.63) is 84.1 Å². The van der Waals surface area contributed by atoms with E-state index in [-0.39, 0.29) is 0 Å². The van der Waals surface area contributed by atoms with Gasteiger partial charge in [-0.3, -0.25) is 0 Å². The van der Waals surface area contributed by atoms with E-state index >= 15 is 0 Å². The molecule has 0 fully saturated rings. The molecule has 24 heavy (non-hydrogen) atoms. The van der Waals surface area contributed by atoms with Crippen LogP contribution in [0.25, 0.3) is 11.0 Å². The van der Waals surface area contributed by atoms with E-state index in [0.717, 1.165) is 22.1 Å². The summed E-state index contributed by atoms with van der Waals surface area (Å²) in [4.78, 5) is 3.98. The number of oxime groups is 1. The van der Waals surface area contributed by atoms with E-state index in [2.05, 4.69) is 15.2 Å². The number of fused-ring (bicyclic) bond motifs is 1. The van der Waals surface area contributed by atoms with E-state index in [1.54, 1.807) is 11.0 Å². The van der Waals surface area contributed by atoms with Crippen LogP contribution in [-0.2, 0) is 6.54 Å². The van der Waals surface area contributed by atoms with Crippen molar-refractivity contribution in [3.8, 4) is 0 Å². The molecule has 0 aliphatic heterocycles. The Morgan fingerprint density at radius 1 is 1.08 bits per heavy atom. The Bertz CT molecular complexity index is 988. The molecule has 6 nitrogen and oxygen atoms in total. The quantitative estimate of drug-likeness (QED) is 0.356. The van der Waals surface area contributed by atoms with Gasteiger partial charge in [0.1, 0.15) is 18.2 Å². The molecule has 0 aliphatic rings. The monoisotopic (exact) mass is 318 g/mol. The first-order chi connectivity index (χ1) is 11.9. The Morgan fingerprint density at radius 3 is 2.62 bits per heavy atom. The molecule has 0 atom stereocenters. The number of hydrogen-bond donors (Lipinski definition) is 1. The van der Waals surface area contributed by atoms with Crippen LogP contribution in [0.15, 0.2) is 76.8 Å². The van der Waals surface area contributed by atoms with Gasteiger partial charge in [0.2, 0.25) is 0 Å². The lowest BCUT2D eigenvalue weighted by Crippen LogP contribution is -2.08. The zero-order chi connectivity index (χ0) is 16.4. The van der Waals surface area contributed by atoms with Gasteiger partial charge in [0.15, 0.2) is 11.5 Å². The molecule has 2 aromatic heterocycles. The molecule has 0 radical (unpaired) electrons. The molecule has 118 valence electrons. The molecule has 6 heteroatoms. The Kier molecular flexibility index (Phi) is 3.55. The number of aromatic nitrogens is 3. The lowest BCUT2D eigenvalue weighted by atomic mass is 10.0. The van der Waals surface area contributed by atoms with Crippen molar-refractivity contribution in [2.24, 2.45) is 5.16 Å². The van der Waals surface area contributed by atoms with E-state index in [1.165, 1.54) is 6.33 Å². The molecule has 1 N–H and O–H groups in total. The van der Waals surface area contributed by atoms with E-state index in [1.807, 2.05) is 54.6 Å². The molecule has 0 unspecified atom stereocenters. The Labute approximate surface area is 137 Å². The van der Waals surface area contributed by atoms with Gasteiger partial charge in [0, 0.05) is 16.5 Å². The predicted octanol–water partition coefficient (Wildman–Crippen LogP) is 3.30. The Hall–Kier alpha value is -3.41. The van der Waals surface area contributed by atoms with Crippen LogP contribution < -0.4 is 0 Å². The number of hydrogen-bond acceptors (Lipinski definition) is 5. The highest BCUT2D eigenvalue weighted by Crippen LogP contribution is 2.28. The normalized spacial score (nSPS) is 11.9. The molecule has 0 saturated carbocycles. The summed E-state index contributed by atoms with van der Waals surface area (Å²) in [5, 5.41) is 18.2. The molecule has 0 amide bonds. The number of nitrogens with zero attached hydrogens (tertiary/aromatic N) is 4. The molecule has 4 rings (SSSR count). The van der Waals surface area contributed by atoms with Crippen LogP contribution in [0.5, 0.6) is 0 Å². The molecule has 0 aliphatic carbocycles. The highest BCUT2D eigenvalue weighted by atomic mass is 16.4. The predicted molar refractivity (Wildman–Crippen MR) is 89.2 cm³/mol. The molecular formula is C18H14N4O2. The van der Waals surface area contributed by atoms with E-state index in [0.29, 0.717) is 18.0 Å². The second kappa shape index (κ2) is 6.00. The van der Waals surface area contributed by atoms with Gasteiger partial charge in [0.25, 0.3) is 0 Å². The molecule has 2 heterocycles. The van der Waals surface area contributed by atoms with Crippen LogP contribution in [0.2, 0.25) is 0 Å². The molecule has 4 aromatic rings. The second-order valence-electron chi connectivity index (χ2n) is 5.31. The Morgan fingerprint density at radius 2 is 1.88 bits per heavy atom. The third-order valence-electron chi connectivity index (χ3n) is 3.85. The summed E-state index contributed by atoms with van der Waals surface area (Å²) in [6.45, 7) is 0.470. The van der Waals surface area contributed by atoms with Crippen LogP contribution >= 0.6 is 0 Å². The maximum absolute atomic E-state index is 9.60. The average Bonchev–Trinajstić information content (AvgIpc) is 3.26. The van der Waals surface area contributed by atoms with Gasteiger partial charge in [-0.25, -0.2) is 9.67 Å². The number of rotatable bonds is 4. The molecule has 2 aromatic carbocycles. The standard InChI is InChI=1S/C18H14N4O2/c23-21-17(13-6-2-1-3-7-13)18-15(10-22-12-19-11-20-22)14-8-4-5-9-16(14)24-18/h1-9,11-12,23H,10H2/b21-17+. The topological polar surface area (TPSA) is 76.4 Å². The summed E-state index contributed by atoms with van der Waals surface area (Å²) in [6, 6.07) is 17.2. The second-order valence-corrected chi connectivity index (χ2v) is 5.31. The third kappa shape index (κ3) is 2.44. The van der Waals surface area contributed by atoms with Gasteiger partial charge in [-0.15, -0.1) is 0 Å². The number of furan rings is 1. The smallest absolute Gasteiger partial charge is 0.162 e. The van der Waals surface area contributed by atoms with Gasteiger partial charge < -0.3 is 9.62 Å². The van der Waals surface area contributed by atoms with Gasteiger partial charge in [0.05, 0.1) is 6.54 Å². The maximum atomic E-state index is 9.60. The van der Waals surface area contributed by atoms with Crippen molar-refractivity contribution in [2.45, 2.75) is 6.54 Å². The molecule has 0 bridgehead atoms. The minimum atomic E-state index is 0.391. The van der Waals surface area contributed by atoms with Crippen molar-refractivity contribution >= 4 is 16.7 Å². The van der Waals surface area contributed by atoms with Crippen LogP contribution in [0.4, 0.5) is 0 Å². The summed E-state index contributed by atoms with van der Waals surface area (Å²) in [6.07, 6.45) is 3.13. The van der Waals surface area contributed by atoms with Crippen molar-refractivity contribution in [1.82, 2.24) is 14.8 Å². The largest absolute Gasteiger partial charge is 0.454 e. The first-order valence-electron chi connectivity index (χ1n) is 7.47. The first-order valence-corrected chi connectivity index (χ1v) is 7.47. The fourth-order valence-electron chi connectivity index (χ4n) is 2.75. The molecule has 0 saturated heterocycles. The molecule has 0 spiro atoms. The minimum absolute atomic E-state index is 0.391. The van der Waals surface area contributed by atoms with Crippen molar-refractivity contribution in [1.29, 1.82) is 0 Å². The number of para-hydroxylation sites is 1. The highest BCUT2D eigenvalue weighted by Gasteiger charge is 2.21. The van der Waals surface area contributed by atoms with Gasteiger partial charge >= 0.3 is 0 Å². The van der Waals surface area contributed by atoms with Crippen LogP contribution in [0.3, 0.4) is 0 Å². The SMILES string of the molecule is O/N=C(\c1ccccc1)c1oc2ccccc2c1Cn1cncn1. The van der Waals surface area contributed by atoms with Crippen molar-refractivity contribution < 1.29 is 9.62 Å². The summed E-state index contributed by atoms with van der Waals surface area (Å²) in [5.74, 6) is 0.528. The zero-order valence-electron chi connectivity index (χ0n) is 12.7. The van der Waals surface area contributed by atoms with Crippen molar-refractivity contribution in [2.75, 3.05) is 0 Å². The minimum Gasteiger partial charge on any atom is -0.454 e. The highest BCUT2D eigenvalue weighted by molar-refractivity contribution is 6.13. The zero-order valence-corrected chi connectivity index (χ0v) is 12.7. The third-order valence-corrected chi connectivity index (χ3v) is 3.85. The van der Waals surface area contributed by atoms with Gasteiger partial charge in [-0.1, -0.05) is 53.7 Å².